The Labute approximate surface area is 167 Å². The SMILES string of the molecule is COc1ccc2c(Cl)c(C(=O)NNC(=O)c3ccc(Cl)cc3Cl)sc2c1. The molecule has 0 bridgehead atoms. The fraction of sp³-hybridized carbons (Fsp3) is 0.0588. The van der Waals surface area contributed by atoms with Crippen LogP contribution in [-0.4, -0.2) is 18.9 Å². The van der Waals surface area contributed by atoms with Gasteiger partial charge < -0.3 is 4.74 Å². The van der Waals surface area contributed by atoms with Crippen LogP contribution >= 0.6 is 46.1 Å². The molecule has 0 saturated heterocycles. The van der Waals surface area contributed by atoms with Gasteiger partial charge in [-0.3, -0.25) is 20.4 Å². The van der Waals surface area contributed by atoms with Crippen LogP contribution in [0.5, 0.6) is 5.75 Å². The molecule has 0 atom stereocenters. The molecule has 9 heteroatoms. The van der Waals surface area contributed by atoms with Gasteiger partial charge in [-0.1, -0.05) is 34.8 Å². The third-order valence-corrected chi connectivity index (χ3v) is 5.71. The molecule has 3 aromatic rings. The Morgan fingerprint density at radius 2 is 1.73 bits per heavy atom. The van der Waals surface area contributed by atoms with Crippen molar-refractivity contribution >= 4 is 68.0 Å². The van der Waals surface area contributed by atoms with Gasteiger partial charge in [0.05, 0.1) is 22.7 Å². The molecule has 0 unspecified atom stereocenters. The van der Waals surface area contributed by atoms with Crippen molar-refractivity contribution < 1.29 is 14.3 Å². The smallest absolute Gasteiger partial charge is 0.281 e. The first-order valence-electron chi connectivity index (χ1n) is 7.22. The van der Waals surface area contributed by atoms with E-state index < -0.39 is 11.8 Å². The monoisotopic (exact) mass is 428 g/mol. The van der Waals surface area contributed by atoms with Crippen LogP contribution in [0.15, 0.2) is 36.4 Å². The van der Waals surface area contributed by atoms with Crippen molar-refractivity contribution in [1.29, 1.82) is 0 Å². The van der Waals surface area contributed by atoms with Gasteiger partial charge >= 0.3 is 0 Å². The standard InChI is InChI=1S/C17H11Cl3N2O3S/c1-25-9-3-5-11-13(7-9)26-15(14(11)20)17(24)22-21-16(23)10-4-2-8(18)6-12(10)19/h2-7H,1H3,(H,21,23)(H,22,24). The van der Waals surface area contributed by atoms with Crippen LogP contribution < -0.4 is 15.6 Å². The van der Waals surface area contributed by atoms with Crippen LogP contribution in [0.4, 0.5) is 0 Å². The van der Waals surface area contributed by atoms with Crippen LogP contribution in [0.2, 0.25) is 15.1 Å². The number of ether oxygens (including phenoxy) is 1. The molecule has 0 saturated carbocycles. The lowest BCUT2D eigenvalue weighted by Crippen LogP contribution is -2.41. The molecule has 2 aromatic carbocycles. The minimum atomic E-state index is -0.570. The molecule has 1 heterocycles. The quantitative estimate of drug-likeness (QED) is 0.579. The molecule has 0 fully saturated rings. The summed E-state index contributed by atoms with van der Waals surface area (Å²) in [6, 6.07) is 9.75. The third kappa shape index (κ3) is 3.73. The second-order valence-electron chi connectivity index (χ2n) is 5.14. The Morgan fingerprint density at radius 1 is 1.00 bits per heavy atom. The lowest BCUT2D eigenvalue weighted by atomic mass is 10.2. The third-order valence-electron chi connectivity index (χ3n) is 3.51. The van der Waals surface area contributed by atoms with Gasteiger partial charge in [-0.25, -0.2) is 0 Å². The Morgan fingerprint density at radius 3 is 2.42 bits per heavy atom. The predicted molar refractivity (Wildman–Crippen MR) is 105 cm³/mol. The van der Waals surface area contributed by atoms with Crippen LogP contribution in [0.25, 0.3) is 10.1 Å². The molecule has 0 radical (unpaired) electrons. The first kappa shape index (κ1) is 18.8. The number of fused-ring (bicyclic) bond motifs is 1. The number of hydrogen-bond acceptors (Lipinski definition) is 4. The van der Waals surface area contributed by atoms with E-state index in [1.54, 1.807) is 25.3 Å². The van der Waals surface area contributed by atoms with Crippen LogP contribution in [0, 0.1) is 0 Å². The van der Waals surface area contributed by atoms with E-state index in [2.05, 4.69) is 10.9 Å². The van der Waals surface area contributed by atoms with Crippen LogP contribution in [-0.2, 0) is 0 Å². The van der Waals surface area contributed by atoms with Gasteiger partial charge in [-0.15, -0.1) is 11.3 Å². The lowest BCUT2D eigenvalue weighted by molar-refractivity contribution is 0.0849. The van der Waals surface area contributed by atoms with Crippen molar-refractivity contribution in [3.8, 4) is 5.75 Å². The summed E-state index contributed by atoms with van der Waals surface area (Å²) in [6.45, 7) is 0. The van der Waals surface area contributed by atoms with E-state index in [1.807, 2.05) is 0 Å². The number of amides is 2. The Balaban J connectivity index is 1.76. The number of thiophene rings is 1. The van der Waals surface area contributed by atoms with E-state index in [0.717, 1.165) is 10.1 Å². The Bertz CT molecular complexity index is 1020. The highest BCUT2D eigenvalue weighted by Gasteiger charge is 2.19. The van der Waals surface area contributed by atoms with Crippen molar-refractivity contribution in [2.45, 2.75) is 0 Å². The molecule has 1 aromatic heterocycles. The summed E-state index contributed by atoms with van der Waals surface area (Å²) in [5.74, 6) is -0.444. The molecule has 0 aliphatic rings. The van der Waals surface area contributed by atoms with E-state index >= 15 is 0 Å². The maximum absolute atomic E-state index is 12.4. The van der Waals surface area contributed by atoms with Crippen LogP contribution in [0.3, 0.4) is 0 Å². The Hall–Kier alpha value is -1.99. The van der Waals surface area contributed by atoms with E-state index in [9.17, 15) is 9.59 Å². The maximum Gasteiger partial charge on any atom is 0.281 e. The molecule has 26 heavy (non-hydrogen) atoms. The number of carbonyl (C=O) groups is 2. The Kier molecular flexibility index (Phi) is 5.58. The molecule has 0 spiro atoms. The highest BCUT2D eigenvalue weighted by atomic mass is 35.5. The zero-order valence-corrected chi connectivity index (χ0v) is 16.3. The molecular weight excluding hydrogens is 419 g/mol. The summed E-state index contributed by atoms with van der Waals surface area (Å²) in [5.41, 5.74) is 4.83. The summed E-state index contributed by atoms with van der Waals surface area (Å²) in [7, 11) is 1.56. The normalized spacial score (nSPS) is 10.6. The van der Waals surface area contributed by atoms with Crippen molar-refractivity contribution in [3.63, 3.8) is 0 Å². The highest BCUT2D eigenvalue weighted by molar-refractivity contribution is 7.21. The minimum absolute atomic E-state index is 0.177. The second-order valence-corrected chi connectivity index (χ2v) is 7.41. The van der Waals surface area contributed by atoms with Gasteiger partial charge in [-0.05, 0) is 36.4 Å². The molecular formula is C17H11Cl3N2O3S. The average Bonchev–Trinajstić information content (AvgIpc) is 2.95. The molecule has 2 N–H and O–H groups in total. The van der Waals surface area contributed by atoms with Gasteiger partial charge in [-0.2, -0.15) is 0 Å². The average molecular weight is 430 g/mol. The molecule has 134 valence electrons. The summed E-state index contributed by atoms with van der Waals surface area (Å²) in [6.07, 6.45) is 0. The number of halogens is 3. The molecule has 3 rings (SSSR count). The highest BCUT2D eigenvalue weighted by Crippen LogP contribution is 2.37. The van der Waals surface area contributed by atoms with E-state index in [4.69, 9.17) is 39.5 Å². The van der Waals surface area contributed by atoms with Gasteiger partial charge in [0.2, 0.25) is 0 Å². The number of hydrazine groups is 1. The van der Waals surface area contributed by atoms with Crippen LogP contribution in [0.1, 0.15) is 20.0 Å². The summed E-state index contributed by atoms with van der Waals surface area (Å²) in [5, 5.41) is 1.62. The number of nitrogens with one attached hydrogen (secondary N) is 2. The zero-order chi connectivity index (χ0) is 18.8. The van der Waals surface area contributed by atoms with E-state index in [0.29, 0.717) is 15.8 Å². The first-order valence-corrected chi connectivity index (χ1v) is 9.17. The fourth-order valence-corrected chi connectivity index (χ4v) is 4.16. The maximum atomic E-state index is 12.4. The van der Waals surface area contributed by atoms with Crippen molar-refractivity contribution in [3.05, 3.63) is 61.9 Å². The van der Waals surface area contributed by atoms with Gasteiger partial charge in [0.1, 0.15) is 10.6 Å². The zero-order valence-electron chi connectivity index (χ0n) is 13.2. The van der Waals surface area contributed by atoms with E-state index in [-0.39, 0.29) is 15.5 Å². The molecule has 5 nitrogen and oxygen atoms in total. The number of methoxy groups -OCH3 is 1. The number of benzene rings is 2. The number of rotatable bonds is 3. The number of carbonyl (C=O) groups excluding carboxylic acids is 2. The minimum Gasteiger partial charge on any atom is -0.497 e. The van der Waals surface area contributed by atoms with Gasteiger partial charge in [0, 0.05) is 15.1 Å². The van der Waals surface area contributed by atoms with E-state index in [1.165, 1.54) is 29.5 Å². The number of hydrogen-bond donors (Lipinski definition) is 2. The van der Waals surface area contributed by atoms with Crippen molar-refractivity contribution in [2.75, 3.05) is 7.11 Å². The fourth-order valence-electron chi connectivity index (χ4n) is 2.23. The largest absolute Gasteiger partial charge is 0.497 e. The predicted octanol–water partition coefficient (Wildman–Crippen LogP) is 4.94. The first-order chi connectivity index (χ1) is 12.4. The summed E-state index contributed by atoms with van der Waals surface area (Å²) < 4.78 is 5.96. The topological polar surface area (TPSA) is 67.4 Å². The molecule has 0 aliphatic heterocycles. The van der Waals surface area contributed by atoms with Gasteiger partial charge in [0.25, 0.3) is 11.8 Å². The van der Waals surface area contributed by atoms with Crippen molar-refractivity contribution in [2.24, 2.45) is 0 Å². The lowest BCUT2D eigenvalue weighted by Gasteiger charge is -2.08. The second kappa shape index (κ2) is 7.72. The van der Waals surface area contributed by atoms with Gasteiger partial charge in [0.15, 0.2) is 0 Å². The summed E-state index contributed by atoms with van der Waals surface area (Å²) >= 11 is 19.3. The molecule has 2 amide bonds. The summed E-state index contributed by atoms with van der Waals surface area (Å²) in [4.78, 5) is 24.8. The van der Waals surface area contributed by atoms with Crippen molar-refractivity contribution in [1.82, 2.24) is 10.9 Å². The molecule has 0 aliphatic carbocycles.